The number of piperazine rings is 1. The third-order valence-corrected chi connectivity index (χ3v) is 3.37. The highest BCUT2D eigenvalue weighted by molar-refractivity contribution is 4.85. The minimum absolute atomic E-state index is 0.308. The van der Waals surface area contributed by atoms with E-state index in [4.69, 9.17) is 4.74 Å². The molecule has 0 aromatic rings. The molecule has 4 heteroatoms. The topological polar surface area (TPSA) is 36.5 Å². The fourth-order valence-electron chi connectivity index (χ4n) is 2.12. The molecule has 96 valence electrons. The fraction of sp³-hybridized carbons (Fsp3) is 1.00. The van der Waals surface area contributed by atoms with E-state index < -0.39 is 0 Å². The molecule has 1 aliphatic rings. The van der Waals surface area contributed by atoms with E-state index >= 15 is 0 Å². The third-order valence-electron chi connectivity index (χ3n) is 3.37. The van der Waals surface area contributed by atoms with Crippen LogP contribution in [-0.4, -0.2) is 63.4 Å². The van der Waals surface area contributed by atoms with Gasteiger partial charge in [-0.2, -0.15) is 0 Å². The summed E-state index contributed by atoms with van der Waals surface area (Å²) in [5.41, 5.74) is 0.308. The SMILES string of the molecule is COCCNCCC(C)(C)N1CCNCC1. The first-order valence-electron chi connectivity index (χ1n) is 6.32. The van der Waals surface area contributed by atoms with Crippen LogP contribution in [0, 0.1) is 0 Å². The van der Waals surface area contributed by atoms with Crippen molar-refractivity contribution >= 4 is 0 Å². The maximum absolute atomic E-state index is 5.01. The average Bonchev–Trinajstić information content (AvgIpc) is 2.30. The van der Waals surface area contributed by atoms with Gasteiger partial charge in [-0.1, -0.05) is 0 Å². The molecule has 4 nitrogen and oxygen atoms in total. The van der Waals surface area contributed by atoms with E-state index in [1.807, 2.05) is 0 Å². The van der Waals surface area contributed by atoms with Crippen LogP contribution in [0.25, 0.3) is 0 Å². The number of hydrogen-bond donors (Lipinski definition) is 2. The fourth-order valence-corrected chi connectivity index (χ4v) is 2.12. The first kappa shape index (κ1) is 13.9. The zero-order valence-electron chi connectivity index (χ0n) is 11.0. The zero-order valence-corrected chi connectivity index (χ0v) is 11.0. The lowest BCUT2D eigenvalue weighted by molar-refractivity contribution is 0.0949. The molecule has 0 unspecified atom stereocenters. The molecule has 0 radical (unpaired) electrons. The summed E-state index contributed by atoms with van der Waals surface area (Å²) in [6, 6.07) is 0. The molecule has 0 bridgehead atoms. The molecule has 1 saturated heterocycles. The zero-order chi connectivity index (χ0) is 11.9. The second-order valence-corrected chi connectivity index (χ2v) is 5.04. The summed E-state index contributed by atoms with van der Waals surface area (Å²) in [5.74, 6) is 0. The molecule has 0 amide bonds. The van der Waals surface area contributed by atoms with Gasteiger partial charge in [0.25, 0.3) is 0 Å². The van der Waals surface area contributed by atoms with Gasteiger partial charge in [0.15, 0.2) is 0 Å². The molecular formula is C12H27N3O. The number of nitrogens with one attached hydrogen (secondary N) is 2. The lowest BCUT2D eigenvalue weighted by Gasteiger charge is -2.41. The van der Waals surface area contributed by atoms with E-state index in [0.717, 1.165) is 32.8 Å². The quantitative estimate of drug-likeness (QED) is 0.616. The van der Waals surface area contributed by atoms with Crippen LogP contribution in [0.2, 0.25) is 0 Å². The van der Waals surface area contributed by atoms with Crippen LogP contribution >= 0.6 is 0 Å². The lowest BCUT2D eigenvalue weighted by atomic mass is 9.97. The average molecular weight is 229 g/mol. The molecule has 0 aliphatic carbocycles. The van der Waals surface area contributed by atoms with Crippen molar-refractivity contribution in [3.63, 3.8) is 0 Å². The maximum atomic E-state index is 5.01. The van der Waals surface area contributed by atoms with Gasteiger partial charge in [0.2, 0.25) is 0 Å². The van der Waals surface area contributed by atoms with Crippen molar-refractivity contribution in [2.45, 2.75) is 25.8 Å². The second-order valence-electron chi connectivity index (χ2n) is 5.04. The molecular weight excluding hydrogens is 202 g/mol. The molecule has 0 spiro atoms. The minimum Gasteiger partial charge on any atom is -0.383 e. The molecule has 1 heterocycles. The van der Waals surface area contributed by atoms with E-state index in [-0.39, 0.29) is 0 Å². The molecule has 1 aliphatic heterocycles. The molecule has 0 atom stereocenters. The van der Waals surface area contributed by atoms with Crippen LogP contribution in [0.3, 0.4) is 0 Å². The normalized spacial score (nSPS) is 18.9. The van der Waals surface area contributed by atoms with Crippen molar-refractivity contribution in [3.8, 4) is 0 Å². The predicted molar refractivity (Wildman–Crippen MR) is 67.9 cm³/mol. The summed E-state index contributed by atoms with van der Waals surface area (Å²) in [5, 5.41) is 6.81. The predicted octanol–water partition coefficient (Wildman–Crippen LogP) is 0.296. The Kier molecular flexibility index (Phi) is 6.28. The summed E-state index contributed by atoms with van der Waals surface area (Å²) in [4.78, 5) is 2.58. The molecule has 1 rings (SSSR count). The second kappa shape index (κ2) is 7.22. The van der Waals surface area contributed by atoms with Gasteiger partial charge in [-0.15, -0.1) is 0 Å². The number of ether oxygens (including phenoxy) is 1. The van der Waals surface area contributed by atoms with E-state index in [1.54, 1.807) is 7.11 Å². The monoisotopic (exact) mass is 229 g/mol. The Morgan fingerprint density at radius 2 is 1.94 bits per heavy atom. The number of methoxy groups -OCH3 is 1. The van der Waals surface area contributed by atoms with Gasteiger partial charge < -0.3 is 15.4 Å². The first-order valence-corrected chi connectivity index (χ1v) is 6.32. The molecule has 2 N–H and O–H groups in total. The summed E-state index contributed by atoms with van der Waals surface area (Å²) in [6.45, 7) is 12.1. The highest BCUT2D eigenvalue weighted by Crippen LogP contribution is 2.18. The molecule has 0 saturated carbocycles. The van der Waals surface area contributed by atoms with Crippen molar-refractivity contribution in [2.24, 2.45) is 0 Å². The number of rotatable bonds is 7. The summed E-state index contributed by atoms with van der Waals surface area (Å²) < 4.78 is 5.01. The van der Waals surface area contributed by atoms with Gasteiger partial charge >= 0.3 is 0 Å². The van der Waals surface area contributed by atoms with Crippen LogP contribution in [0.5, 0.6) is 0 Å². The van der Waals surface area contributed by atoms with Gasteiger partial charge in [0.05, 0.1) is 6.61 Å². The summed E-state index contributed by atoms with van der Waals surface area (Å²) in [7, 11) is 1.74. The smallest absolute Gasteiger partial charge is 0.0587 e. The Hall–Kier alpha value is -0.160. The molecule has 0 aromatic carbocycles. The van der Waals surface area contributed by atoms with Crippen molar-refractivity contribution in [2.75, 3.05) is 53.0 Å². The molecule has 0 aromatic heterocycles. The standard InChI is InChI=1S/C12H27N3O/c1-12(2,4-5-13-8-11-16-3)15-9-6-14-7-10-15/h13-14H,4-11H2,1-3H3. The van der Waals surface area contributed by atoms with Crippen molar-refractivity contribution in [1.29, 1.82) is 0 Å². The van der Waals surface area contributed by atoms with E-state index in [9.17, 15) is 0 Å². The van der Waals surface area contributed by atoms with Gasteiger partial charge in [0, 0.05) is 45.4 Å². The van der Waals surface area contributed by atoms with E-state index in [1.165, 1.54) is 19.5 Å². The van der Waals surface area contributed by atoms with Crippen molar-refractivity contribution in [3.05, 3.63) is 0 Å². The molecule has 1 fully saturated rings. The first-order chi connectivity index (χ1) is 7.67. The maximum Gasteiger partial charge on any atom is 0.0587 e. The van der Waals surface area contributed by atoms with Crippen LogP contribution in [0.1, 0.15) is 20.3 Å². The van der Waals surface area contributed by atoms with E-state index in [2.05, 4.69) is 29.4 Å². The van der Waals surface area contributed by atoms with Gasteiger partial charge in [-0.3, -0.25) is 4.90 Å². The summed E-state index contributed by atoms with van der Waals surface area (Å²) in [6.07, 6.45) is 1.19. The van der Waals surface area contributed by atoms with E-state index in [0.29, 0.717) is 5.54 Å². The van der Waals surface area contributed by atoms with Crippen molar-refractivity contribution in [1.82, 2.24) is 15.5 Å². The Bertz CT molecular complexity index is 179. The van der Waals surface area contributed by atoms with Crippen LogP contribution in [0.4, 0.5) is 0 Å². The Morgan fingerprint density at radius 3 is 2.56 bits per heavy atom. The van der Waals surface area contributed by atoms with Crippen molar-refractivity contribution < 1.29 is 4.74 Å². The Labute approximate surface area is 99.7 Å². The third kappa shape index (κ3) is 4.78. The highest BCUT2D eigenvalue weighted by Gasteiger charge is 2.26. The molecule has 16 heavy (non-hydrogen) atoms. The number of nitrogens with zero attached hydrogens (tertiary/aromatic N) is 1. The van der Waals surface area contributed by atoms with Gasteiger partial charge in [-0.25, -0.2) is 0 Å². The van der Waals surface area contributed by atoms with Crippen LogP contribution in [-0.2, 0) is 4.74 Å². The largest absolute Gasteiger partial charge is 0.383 e. The van der Waals surface area contributed by atoms with Crippen LogP contribution < -0.4 is 10.6 Å². The lowest BCUT2D eigenvalue weighted by Crippen LogP contribution is -2.54. The number of hydrogen-bond acceptors (Lipinski definition) is 4. The minimum atomic E-state index is 0.308. The highest BCUT2D eigenvalue weighted by atomic mass is 16.5. The van der Waals surface area contributed by atoms with Gasteiger partial charge in [0.1, 0.15) is 0 Å². The Morgan fingerprint density at radius 1 is 1.25 bits per heavy atom. The van der Waals surface area contributed by atoms with Crippen LogP contribution in [0.15, 0.2) is 0 Å². The Balaban J connectivity index is 2.16. The van der Waals surface area contributed by atoms with Gasteiger partial charge in [-0.05, 0) is 26.8 Å². The summed E-state index contributed by atoms with van der Waals surface area (Å²) >= 11 is 0.